The van der Waals surface area contributed by atoms with Crippen molar-refractivity contribution in [2.24, 2.45) is 0 Å². The van der Waals surface area contributed by atoms with Gasteiger partial charge in [0.05, 0.1) is 0 Å². The maximum atomic E-state index is 10.4. The van der Waals surface area contributed by atoms with Crippen molar-refractivity contribution in [2.45, 2.75) is 13.8 Å². The zero-order chi connectivity index (χ0) is 7.98. The molecule has 60 valence electrons. The molecule has 0 unspecified atom stereocenters. The summed E-state index contributed by atoms with van der Waals surface area (Å²) in [5.74, 6) is 0. The number of nitrogens with zero attached hydrogens (tertiary/aromatic N) is 1. The molecule has 0 heterocycles. The minimum absolute atomic E-state index is 0.583. The summed E-state index contributed by atoms with van der Waals surface area (Å²) in [5, 5.41) is 0. The summed E-state index contributed by atoms with van der Waals surface area (Å²) in [6.07, 6.45) is 1.93. The van der Waals surface area contributed by atoms with Gasteiger partial charge in [0.25, 0.3) is 0 Å². The first-order valence-electron chi connectivity index (χ1n) is 3.25. The van der Waals surface area contributed by atoms with E-state index in [0.717, 1.165) is 17.4 Å². The van der Waals surface area contributed by atoms with E-state index in [0.29, 0.717) is 11.3 Å². The fourth-order valence-corrected chi connectivity index (χ4v) is 1.85. The summed E-state index contributed by atoms with van der Waals surface area (Å²) < 4.78 is 11.3. The highest BCUT2D eigenvalue weighted by Gasteiger charge is 2.04. The number of hydrogen-bond acceptors (Lipinski definition) is 2. The van der Waals surface area contributed by atoms with Crippen LogP contribution in [0.3, 0.4) is 0 Å². The molecule has 0 spiro atoms. The summed E-state index contributed by atoms with van der Waals surface area (Å²) in [6.45, 7) is 5.94. The molecule has 10 heavy (non-hydrogen) atoms. The van der Waals surface area contributed by atoms with Crippen LogP contribution >= 0.6 is 11.8 Å². The standard InChI is InChI=1S/C6H13NOS2/c1-4-7(5-2)6(9-3)10-8/h4-5H2,1-3H3. The Hall–Kier alpha value is 0.200. The van der Waals surface area contributed by atoms with Gasteiger partial charge in [-0.05, 0) is 6.26 Å². The monoisotopic (exact) mass is 179 g/mol. The Kier molecular flexibility index (Phi) is 6.06. The van der Waals surface area contributed by atoms with E-state index >= 15 is 0 Å². The molecule has 0 fully saturated rings. The summed E-state index contributed by atoms with van der Waals surface area (Å²) in [7, 11) is 0. The number of hydrogen-bond donors (Lipinski definition) is 0. The van der Waals surface area contributed by atoms with Crippen molar-refractivity contribution < 1.29 is 4.21 Å². The Labute approximate surface area is 70.1 Å². The van der Waals surface area contributed by atoms with Crippen LogP contribution in [0.25, 0.3) is 0 Å². The lowest BCUT2D eigenvalue weighted by Crippen LogP contribution is -2.27. The van der Waals surface area contributed by atoms with Crippen LogP contribution in [0.4, 0.5) is 0 Å². The zero-order valence-corrected chi connectivity index (χ0v) is 8.22. The van der Waals surface area contributed by atoms with Crippen molar-refractivity contribution in [1.29, 1.82) is 0 Å². The van der Waals surface area contributed by atoms with Crippen molar-refractivity contribution in [3.63, 3.8) is 0 Å². The van der Waals surface area contributed by atoms with Gasteiger partial charge in [0.2, 0.25) is 0 Å². The lowest BCUT2D eigenvalue weighted by molar-refractivity contribution is 0.481. The molecule has 0 bridgehead atoms. The highest BCUT2D eigenvalue weighted by atomic mass is 32.2. The van der Waals surface area contributed by atoms with Crippen LogP contribution in [0.2, 0.25) is 0 Å². The second-order valence-electron chi connectivity index (χ2n) is 1.73. The Balaban J connectivity index is 4.10. The van der Waals surface area contributed by atoms with Crippen molar-refractivity contribution in [1.82, 2.24) is 4.90 Å². The molecule has 0 aliphatic rings. The first-order valence-corrected chi connectivity index (χ1v) is 5.22. The van der Waals surface area contributed by atoms with Gasteiger partial charge in [0.15, 0.2) is 0 Å². The number of thioether (sulfide) groups is 1. The van der Waals surface area contributed by atoms with Crippen LogP contribution in [-0.4, -0.2) is 32.8 Å². The molecule has 0 radical (unpaired) electrons. The molecular formula is C6H13NOS2. The summed E-state index contributed by atoms with van der Waals surface area (Å²) >= 11 is 2.10. The highest BCUT2D eigenvalue weighted by molar-refractivity contribution is 8.20. The Bertz CT molecular complexity index is 139. The number of rotatable bonds is 2. The molecule has 0 aromatic rings. The van der Waals surface area contributed by atoms with Crippen LogP contribution in [0.1, 0.15) is 13.8 Å². The molecule has 0 amide bonds. The molecule has 0 atom stereocenters. The third-order valence-corrected chi connectivity index (χ3v) is 2.98. The maximum Gasteiger partial charge on any atom is 0.146 e. The van der Waals surface area contributed by atoms with Gasteiger partial charge in [-0.1, -0.05) is 13.8 Å². The summed E-state index contributed by atoms with van der Waals surface area (Å²) in [5.41, 5.74) is 0. The van der Waals surface area contributed by atoms with E-state index in [1.54, 1.807) is 0 Å². The van der Waals surface area contributed by atoms with E-state index in [2.05, 4.69) is 18.7 Å². The quantitative estimate of drug-likeness (QED) is 0.590. The van der Waals surface area contributed by atoms with Gasteiger partial charge in [-0.25, -0.2) is 4.21 Å². The Morgan fingerprint density at radius 3 is 2.00 bits per heavy atom. The normalized spacial score (nSPS) is 10.0. The molecule has 0 aromatic heterocycles. The summed E-state index contributed by atoms with van der Waals surface area (Å²) in [6, 6.07) is 0. The smallest absolute Gasteiger partial charge is 0.146 e. The van der Waals surface area contributed by atoms with Crippen molar-refractivity contribution in [3.05, 3.63) is 0 Å². The molecule has 0 saturated heterocycles. The second kappa shape index (κ2) is 5.95. The van der Waals surface area contributed by atoms with Crippen LogP contribution < -0.4 is 0 Å². The SMILES string of the molecule is CCN(CC)C(SC)=S=O. The summed E-state index contributed by atoms with van der Waals surface area (Å²) in [4.78, 5) is 2.06. The Morgan fingerprint density at radius 2 is 1.90 bits per heavy atom. The Morgan fingerprint density at radius 1 is 1.40 bits per heavy atom. The van der Waals surface area contributed by atoms with Crippen LogP contribution in [0.15, 0.2) is 0 Å². The predicted octanol–water partition coefficient (Wildman–Crippen LogP) is 0.992. The molecule has 0 aromatic carbocycles. The molecule has 0 N–H and O–H groups in total. The average molecular weight is 179 g/mol. The molecule has 0 rings (SSSR count). The van der Waals surface area contributed by atoms with Gasteiger partial charge < -0.3 is 0 Å². The van der Waals surface area contributed by atoms with Gasteiger partial charge in [0, 0.05) is 13.1 Å². The van der Waals surface area contributed by atoms with E-state index in [1.165, 1.54) is 11.8 Å². The van der Waals surface area contributed by atoms with Crippen molar-refractivity contribution in [3.8, 4) is 0 Å². The first kappa shape index (κ1) is 10.2. The van der Waals surface area contributed by atoms with Gasteiger partial charge in [-0.3, -0.25) is 4.90 Å². The zero-order valence-electron chi connectivity index (χ0n) is 6.59. The van der Waals surface area contributed by atoms with E-state index in [4.69, 9.17) is 0 Å². The second-order valence-corrected chi connectivity index (χ2v) is 3.33. The molecule has 0 aliphatic carbocycles. The maximum absolute atomic E-state index is 10.4. The molecule has 4 heteroatoms. The van der Waals surface area contributed by atoms with Crippen molar-refractivity contribution >= 4 is 27.3 Å². The van der Waals surface area contributed by atoms with Crippen LogP contribution in [0.5, 0.6) is 0 Å². The van der Waals surface area contributed by atoms with Crippen LogP contribution in [0, 0.1) is 0 Å². The van der Waals surface area contributed by atoms with E-state index in [9.17, 15) is 4.21 Å². The van der Waals surface area contributed by atoms with E-state index in [1.807, 2.05) is 6.26 Å². The minimum Gasteiger partial charge on any atom is -0.259 e. The van der Waals surface area contributed by atoms with Crippen LogP contribution in [-0.2, 0) is 11.3 Å². The van der Waals surface area contributed by atoms with Gasteiger partial charge in [-0.2, -0.15) is 0 Å². The highest BCUT2D eigenvalue weighted by Crippen LogP contribution is 2.01. The minimum atomic E-state index is 0.583. The molecule has 2 nitrogen and oxygen atoms in total. The van der Waals surface area contributed by atoms with Gasteiger partial charge >= 0.3 is 0 Å². The van der Waals surface area contributed by atoms with Gasteiger partial charge in [0.1, 0.15) is 15.6 Å². The van der Waals surface area contributed by atoms with E-state index < -0.39 is 0 Å². The largest absolute Gasteiger partial charge is 0.259 e. The van der Waals surface area contributed by atoms with Gasteiger partial charge in [-0.15, -0.1) is 11.8 Å². The molecular weight excluding hydrogens is 166 g/mol. The fourth-order valence-electron chi connectivity index (χ4n) is 0.698. The average Bonchev–Trinajstić information content (AvgIpc) is 2.00. The third kappa shape index (κ3) is 2.86. The fraction of sp³-hybridized carbons (Fsp3) is 0.833. The van der Waals surface area contributed by atoms with Crippen molar-refractivity contribution in [2.75, 3.05) is 19.3 Å². The molecule has 0 saturated carbocycles. The van der Waals surface area contributed by atoms with E-state index in [-0.39, 0.29) is 0 Å². The predicted molar refractivity (Wildman–Crippen MR) is 49.6 cm³/mol. The first-order chi connectivity index (χ1) is 4.79. The molecule has 0 aliphatic heterocycles. The third-order valence-electron chi connectivity index (χ3n) is 1.27. The lowest BCUT2D eigenvalue weighted by Gasteiger charge is -2.15. The lowest BCUT2D eigenvalue weighted by atomic mass is 10.6. The topological polar surface area (TPSA) is 20.3 Å².